The summed E-state index contributed by atoms with van der Waals surface area (Å²) in [6, 6.07) is -1.26. The third kappa shape index (κ3) is 38.1. The fourth-order valence-electron chi connectivity index (χ4n) is 6.16. The van der Waals surface area contributed by atoms with Crippen molar-refractivity contribution in [2.75, 3.05) is 5.75 Å². The highest BCUT2D eigenvalue weighted by Crippen LogP contribution is 2.13. The number of carbonyl (C=O) groups excluding carboxylic acids is 1. The van der Waals surface area contributed by atoms with Gasteiger partial charge in [0.05, 0.1) is 17.9 Å². The van der Waals surface area contributed by atoms with Crippen LogP contribution in [0.5, 0.6) is 0 Å². The predicted molar refractivity (Wildman–Crippen MR) is 227 cm³/mol. The van der Waals surface area contributed by atoms with E-state index in [-0.39, 0.29) is 6.42 Å². The molecule has 4 N–H and O–H groups in total. The lowest BCUT2D eigenvalue weighted by molar-refractivity contribution is -0.130. The van der Waals surface area contributed by atoms with Gasteiger partial charge in [0, 0.05) is 0 Å². The van der Waals surface area contributed by atoms with Crippen molar-refractivity contribution in [2.24, 2.45) is 0 Å². The molecule has 0 aromatic carbocycles. The fraction of sp³-hybridized carbons (Fsp3) is 0.756. The van der Waals surface area contributed by atoms with Crippen molar-refractivity contribution in [1.29, 1.82) is 0 Å². The Labute approximate surface area is 326 Å². The Bertz CT molecular complexity index is 1080. The number of aliphatic hydroxyl groups is 2. The highest BCUT2D eigenvalue weighted by atomic mass is 32.2. The summed E-state index contributed by atoms with van der Waals surface area (Å²) >= 11 is 0. The third-order valence-electron chi connectivity index (χ3n) is 9.50. The molecule has 3 atom stereocenters. The third-order valence-corrected chi connectivity index (χ3v) is 10.3. The van der Waals surface area contributed by atoms with Crippen molar-refractivity contribution in [3.05, 3.63) is 60.8 Å². The Morgan fingerprint density at radius 3 is 1.40 bits per heavy atom. The maximum Gasteiger partial charge on any atom is 0.267 e. The lowest BCUT2D eigenvalue weighted by Crippen LogP contribution is -2.50. The summed E-state index contributed by atoms with van der Waals surface area (Å²) in [5.41, 5.74) is 0. The Kier molecular flexibility index (Phi) is 36.8. The molecule has 1 amide bonds. The minimum Gasteiger partial charge on any atom is -0.387 e. The average Bonchev–Trinajstić information content (AvgIpc) is 3.12. The first-order valence-electron chi connectivity index (χ1n) is 21.6. The topological polar surface area (TPSA) is 124 Å². The van der Waals surface area contributed by atoms with Crippen LogP contribution in [0.15, 0.2) is 60.8 Å². The van der Waals surface area contributed by atoms with Crippen LogP contribution < -0.4 is 5.32 Å². The summed E-state index contributed by atoms with van der Waals surface area (Å²) < 4.78 is 32.5. The zero-order valence-electron chi connectivity index (χ0n) is 34.0. The van der Waals surface area contributed by atoms with Gasteiger partial charge in [0.15, 0.2) is 0 Å². The molecule has 0 radical (unpaired) electrons. The average molecular weight is 764 g/mol. The molecular formula is C45H81NO6S. The Hall–Kier alpha value is -2.00. The lowest BCUT2D eigenvalue weighted by atomic mass is 10.0. The van der Waals surface area contributed by atoms with Crippen LogP contribution in [-0.2, 0) is 14.9 Å². The number of rotatable bonds is 38. The molecule has 8 heteroatoms. The first-order valence-corrected chi connectivity index (χ1v) is 23.2. The highest BCUT2D eigenvalue weighted by Gasteiger charge is 2.27. The number of hydrogen-bond donors (Lipinski definition) is 4. The summed E-state index contributed by atoms with van der Waals surface area (Å²) in [5.74, 6) is -1.58. The minimum atomic E-state index is -4.46. The van der Waals surface area contributed by atoms with E-state index >= 15 is 0 Å². The van der Waals surface area contributed by atoms with Gasteiger partial charge in [-0.3, -0.25) is 9.35 Å². The summed E-state index contributed by atoms with van der Waals surface area (Å²) in [4.78, 5) is 12.6. The summed E-state index contributed by atoms with van der Waals surface area (Å²) in [6.45, 7) is 4.48. The van der Waals surface area contributed by atoms with Crippen LogP contribution in [0.25, 0.3) is 0 Å². The van der Waals surface area contributed by atoms with Crippen molar-refractivity contribution in [2.45, 2.75) is 212 Å². The number of nitrogens with one attached hydrogen (secondary N) is 1. The maximum atomic E-state index is 12.6. The molecule has 0 spiro atoms. The molecule has 0 aliphatic rings. The quantitative estimate of drug-likeness (QED) is 0.0282. The van der Waals surface area contributed by atoms with Crippen LogP contribution in [0, 0.1) is 0 Å². The van der Waals surface area contributed by atoms with E-state index in [0.717, 1.165) is 70.6 Å². The number of allylic oxidation sites excluding steroid dienone is 9. The fourth-order valence-corrected chi connectivity index (χ4v) is 6.90. The predicted octanol–water partition coefficient (Wildman–Crippen LogP) is 11.8. The van der Waals surface area contributed by atoms with Crippen molar-refractivity contribution in [1.82, 2.24) is 5.32 Å². The smallest absolute Gasteiger partial charge is 0.267 e. The van der Waals surface area contributed by atoms with Crippen LogP contribution >= 0.6 is 0 Å². The van der Waals surface area contributed by atoms with Crippen LogP contribution in [0.1, 0.15) is 194 Å². The minimum absolute atomic E-state index is 0.256. The molecule has 3 unspecified atom stereocenters. The van der Waals surface area contributed by atoms with Crippen LogP contribution in [0.2, 0.25) is 0 Å². The second-order valence-electron chi connectivity index (χ2n) is 14.7. The van der Waals surface area contributed by atoms with E-state index in [1.165, 1.54) is 96.0 Å². The Balaban J connectivity index is 4.12. The van der Waals surface area contributed by atoms with Gasteiger partial charge in [0.2, 0.25) is 5.91 Å². The molecule has 0 aliphatic carbocycles. The number of unbranched alkanes of at least 4 members (excludes halogenated alkanes) is 21. The van der Waals surface area contributed by atoms with Gasteiger partial charge in [-0.25, -0.2) is 0 Å². The largest absolute Gasteiger partial charge is 0.387 e. The summed E-state index contributed by atoms with van der Waals surface area (Å²) in [5, 5.41) is 23.4. The Morgan fingerprint density at radius 2 is 0.906 bits per heavy atom. The molecule has 0 heterocycles. The molecule has 0 aliphatic heterocycles. The monoisotopic (exact) mass is 764 g/mol. The van der Waals surface area contributed by atoms with Gasteiger partial charge in [-0.1, -0.05) is 177 Å². The molecule has 53 heavy (non-hydrogen) atoms. The van der Waals surface area contributed by atoms with E-state index in [9.17, 15) is 28.0 Å². The normalized spacial score (nSPS) is 14.4. The summed E-state index contributed by atoms with van der Waals surface area (Å²) in [7, 11) is -4.46. The number of amides is 1. The van der Waals surface area contributed by atoms with Gasteiger partial charge < -0.3 is 15.5 Å². The molecule has 0 saturated heterocycles. The highest BCUT2D eigenvalue weighted by molar-refractivity contribution is 7.85. The molecule has 0 rings (SSSR count). The van der Waals surface area contributed by atoms with Crippen molar-refractivity contribution in [3.63, 3.8) is 0 Å². The van der Waals surface area contributed by atoms with Crippen LogP contribution in [-0.4, -0.2) is 53.1 Å². The van der Waals surface area contributed by atoms with Gasteiger partial charge in [-0.2, -0.15) is 8.42 Å². The van der Waals surface area contributed by atoms with E-state index in [1.807, 2.05) is 0 Å². The molecule has 0 bridgehead atoms. The van der Waals surface area contributed by atoms with Gasteiger partial charge in [0.1, 0.15) is 6.10 Å². The standard InChI is InChI=1S/C45H81NO6S/c1-3-5-7-9-11-13-15-17-19-21-22-23-24-26-27-29-31-33-35-37-39-43(47)42(41-53(50,51)52)46-45(49)44(48)40-38-36-34-32-30-28-25-20-18-16-14-12-10-8-6-4-2/h12,14,18,20,23-24,29,31,37,39,42-44,47-48H,3-11,13,15-17,19,21-22,25-28,30,32-36,38,40-41H2,1-2H3,(H,46,49)(H,50,51,52)/b14-12-,20-18-,24-23+,31-29+,39-37+. The van der Waals surface area contributed by atoms with E-state index in [0.29, 0.717) is 12.8 Å². The van der Waals surface area contributed by atoms with Gasteiger partial charge in [-0.05, 0) is 77.0 Å². The second kappa shape index (κ2) is 38.3. The molecule has 0 fully saturated rings. The molecule has 308 valence electrons. The first-order chi connectivity index (χ1) is 25.7. The SMILES string of the molecule is CCCCC/C=C\C/C=C\CCCCCCCCC(O)C(=O)NC(CS(=O)(=O)O)C(O)/C=C/CC/C=C/CC/C=C/CCCCCCCCCCCC. The number of hydrogen-bond acceptors (Lipinski definition) is 5. The van der Waals surface area contributed by atoms with E-state index in [1.54, 1.807) is 6.08 Å². The first kappa shape index (κ1) is 51.0. The van der Waals surface area contributed by atoms with E-state index in [2.05, 4.69) is 67.8 Å². The van der Waals surface area contributed by atoms with Crippen LogP contribution in [0.3, 0.4) is 0 Å². The summed E-state index contributed by atoms with van der Waals surface area (Å²) in [6.07, 6.45) is 49.9. The molecule has 7 nitrogen and oxygen atoms in total. The molecule has 0 saturated carbocycles. The maximum absolute atomic E-state index is 12.6. The Morgan fingerprint density at radius 1 is 0.528 bits per heavy atom. The molecular weight excluding hydrogens is 683 g/mol. The number of carbonyl (C=O) groups is 1. The zero-order chi connectivity index (χ0) is 39.1. The molecule has 0 aromatic rings. The van der Waals surface area contributed by atoms with E-state index in [4.69, 9.17) is 0 Å². The zero-order valence-corrected chi connectivity index (χ0v) is 34.8. The molecule has 0 aromatic heterocycles. The van der Waals surface area contributed by atoms with Crippen LogP contribution in [0.4, 0.5) is 0 Å². The van der Waals surface area contributed by atoms with Gasteiger partial charge in [0.25, 0.3) is 10.1 Å². The van der Waals surface area contributed by atoms with Gasteiger partial charge in [-0.15, -0.1) is 0 Å². The second-order valence-corrected chi connectivity index (χ2v) is 16.2. The number of aliphatic hydroxyl groups excluding tert-OH is 2. The van der Waals surface area contributed by atoms with E-state index < -0.39 is 40.0 Å². The van der Waals surface area contributed by atoms with Gasteiger partial charge >= 0.3 is 0 Å². The van der Waals surface area contributed by atoms with Crippen molar-refractivity contribution >= 4 is 16.0 Å². The lowest BCUT2D eigenvalue weighted by Gasteiger charge is -2.22. The van der Waals surface area contributed by atoms with Crippen molar-refractivity contribution in [3.8, 4) is 0 Å². The van der Waals surface area contributed by atoms with Crippen molar-refractivity contribution < 1.29 is 28.0 Å².